The van der Waals surface area contributed by atoms with Crippen molar-refractivity contribution in [1.29, 1.82) is 0 Å². The maximum absolute atomic E-state index is 5.87. The van der Waals surface area contributed by atoms with Gasteiger partial charge >= 0.3 is 0 Å². The summed E-state index contributed by atoms with van der Waals surface area (Å²) in [6.45, 7) is 5.77. The summed E-state index contributed by atoms with van der Waals surface area (Å²) in [5.41, 5.74) is 0. The standard InChI is InChI=1S/C11H18O2Si/c1-12-9-10-13-14(2,3)11-7-5-4-6-8-11/h4-8H,9-10H2,1-3H3. The largest absolute Gasteiger partial charge is 0.411 e. The maximum Gasteiger partial charge on any atom is 0.218 e. The van der Waals surface area contributed by atoms with Crippen molar-refractivity contribution in [3.63, 3.8) is 0 Å². The normalized spacial score (nSPS) is 11.6. The van der Waals surface area contributed by atoms with Crippen LogP contribution in [0, 0.1) is 0 Å². The molecule has 0 aromatic heterocycles. The van der Waals surface area contributed by atoms with Crippen molar-refractivity contribution in [2.24, 2.45) is 0 Å². The molecule has 3 heteroatoms. The first-order valence-electron chi connectivity index (χ1n) is 4.85. The zero-order valence-corrected chi connectivity index (χ0v) is 10.1. The highest BCUT2D eigenvalue weighted by Gasteiger charge is 2.24. The van der Waals surface area contributed by atoms with Gasteiger partial charge in [-0.3, -0.25) is 0 Å². The van der Waals surface area contributed by atoms with Crippen molar-refractivity contribution in [2.75, 3.05) is 20.3 Å². The van der Waals surface area contributed by atoms with Gasteiger partial charge in [-0.05, 0) is 18.3 Å². The van der Waals surface area contributed by atoms with Crippen LogP contribution < -0.4 is 5.19 Å². The molecule has 0 saturated carbocycles. The van der Waals surface area contributed by atoms with E-state index in [4.69, 9.17) is 9.16 Å². The number of ether oxygens (including phenoxy) is 1. The highest BCUT2D eigenvalue weighted by molar-refractivity contribution is 6.84. The lowest BCUT2D eigenvalue weighted by molar-refractivity contribution is 0.144. The van der Waals surface area contributed by atoms with E-state index in [0.29, 0.717) is 13.2 Å². The van der Waals surface area contributed by atoms with Crippen molar-refractivity contribution < 1.29 is 9.16 Å². The van der Waals surface area contributed by atoms with Crippen LogP contribution in [0.15, 0.2) is 30.3 Å². The van der Waals surface area contributed by atoms with Crippen LogP contribution in [-0.4, -0.2) is 28.6 Å². The van der Waals surface area contributed by atoms with Crippen LogP contribution in [0.3, 0.4) is 0 Å². The van der Waals surface area contributed by atoms with Gasteiger partial charge in [0, 0.05) is 7.11 Å². The van der Waals surface area contributed by atoms with Crippen molar-refractivity contribution in [1.82, 2.24) is 0 Å². The summed E-state index contributed by atoms with van der Waals surface area (Å²) in [6.07, 6.45) is 0. The number of methoxy groups -OCH3 is 1. The second kappa shape index (κ2) is 5.29. The molecule has 0 bridgehead atoms. The van der Waals surface area contributed by atoms with Crippen LogP contribution in [0.4, 0.5) is 0 Å². The zero-order chi connectivity index (χ0) is 10.4. The molecule has 0 radical (unpaired) electrons. The summed E-state index contributed by atoms with van der Waals surface area (Å²) in [5, 5.41) is 1.33. The smallest absolute Gasteiger partial charge is 0.218 e. The lowest BCUT2D eigenvalue weighted by Gasteiger charge is -2.22. The average molecular weight is 210 g/mol. The summed E-state index contributed by atoms with van der Waals surface area (Å²) < 4.78 is 10.8. The summed E-state index contributed by atoms with van der Waals surface area (Å²) in [6, 6.07) is 10.4. The average Bonchev–Trinajstić information content (AvgIpc) is 2.19. The number of hydrogen-bond donors (Lipinski definition) is 0. The molecule has 0 spiro atoms. The first-order chi connectivity index (χ1) is 6.67. The van der Waals surface area contributed by atoms with Gasteiger partial charge in [0.05, 0.1) is 13.2 Å². The van der Waals surface area contributed by atoms with E-state index in [-0.39, 0.29) is 0 Å². The first kappa shape index (κ1) is 11.4. The van der Waals surface area contributed by atoms with Gasteiger partial charge in [-0.1, -0.05) is 30.3 Å². The number of rotatable bonds is 5. The third-order valence-electron chi connectivity index (χ3n) is 2.22. The van der Waals surface area contributed by atoms with E-state index in [1.165, 1.54) is 5.19 Å². The van der Waals surface area contributed by atoms with Crippen molar-refractivity contribution in [3.8, 4) is 0 Å². The quantitative estimate of drug-likeness (QED) is 0.544. The van der Waals surface area contributed by atoms with E-state index < -0.39 is 8.32 Å². The van der Waals surface area contributed by atoms with Gasteiger partial charge in [0.25, 0.3) is 0 Å². The first-order valence-corrected chi connectivity index (χ1v) is 7.76. The van der Waals surface area contributed by atoms with E-state index in [1.807, 2.05) is 6.07 Å². The molecule has 14 heavy (non-hydrogen) atoms. The Hall–Kier alpha value is -0.643. The van der Waals surface area contributed by atoms with Crippen LogP contribution in [0.2, 0.25) is 13.1 Å². The molecule has 1 aromatic rings. The molecule has 0 saturated heterocycles. The molecule has 0 fully saturated rings. The summed E-state index contributed by atoms with van der Waals surface area (Å²) >= 11 is 0. The van der Waals surface area contributed by atoms with Crippen molar-refractivity contribution in [3.05, 3.63) is 30.3 Å². The Labute approximate surface area is 87.0 Å². The zero-order valence-electron chi connectivity index (χ0n) is 9.12. The van der Waals surface area contributed by atoms with Gasteiger partial charge in [-0.25, -0.2) is 0 Å². The molecule has 0 N–H and O–H groups in total. The molecule has 0 heterocycles. The van der Waals surface area contributed by atoms with E-state index in [9.17, 15) is 0 Å². The Morgan fingerprint density at radius 2 is 1.71 bits per heavy atom. The Kier molecular flexibility index (Phi) is 4.32. The van der Waals surface area contributed by atoms with Gasteiger partial charge in [0.15, 0.2) is 0 Å². The minimum Gasteiger partial charge on any atom is -0.411 e. The highest BCUT2D eigenvalue weighted by atomic mass is 28.4. The third-order valence-corrected chi connectivity index (χ3v) is 4.87. The Morgan fingerprint density at radius 1 is 1.07 bits per heavy atom. The van der Waals surface area contributed by atoms with Gasteiger partial charge in [-0.15, -0.1) is 0 Å². The monoisotopic (exact) mass is 210 g/mol. The molecule has 78 valence electrons. The van der Waals surface area contributed by atoms with Crippen LogP contribution in [-0.2, 0) is 9.16 Å². The molecule has 0 amide bonds. The molecule has 2 nitrogen and oxygen atoms in total. The summed E-state index contributed by atoms with van der Waals surface area (Å²) in [7, 11) is -0.00179. The molecule has 0 atom stereocenters. The van der Waals surface area contributed by atoms with E-state index in [1.54, 1.807) is 7.11 Å². The lowest BCUT2D eigenvalue weighted by atomic mass is 10.4. The fourth-order valence-electron chi connectivity index (χ4n) is 1.30. The Bertz CT molecular complexity index is 259. The van der Waals surface area contributed by atoms with Gasteiger partial charge in [0.1, 0.15) is 0 Å². The lowest BCUT2D eigenvalue weighted by Crippen LogP contribution is -2.45. The molecule has 0 aliphatic rings. The van der Waals surface area contributed by atoms with Crippen molar-refractivity contribution in [2.45, 2.75) is 13.1 Å². The van der Waals surface area contributed by atoms with E-state index in [0.717, 1.165) is 0 Å². The third kappa shape index (κ3) is 3.25. The Morgan fingerprint density at radius 3 is 2.29 bits per heavy atom. The highest BCUT2D eigenvalue weighted by Crippen LogP contribution is 2.04. The summed E-state index contributed by atoms with van der Waals surface area (Å²) in [4.78, 5) is 0. The summed E-state index contributed by atoms with van der Waals surface area (Å²) in [5.74, 6) is 0. The molecule has 0 aliphatic heterocycles. The molecular formula is C11H18O2Si. The van der Waals surface area contributed by atoms with Gasteiger partial charge < -0.3 is 9.16 Å². The van der Waals surface area contributed by atoms with Crippen LogP contribution in [0.1, 0.15) is 0 Å². The fraction of sp³-hybridized carbons (Fsp3) is 0.455. The predicted molar refractivity (Wildman–Crippen MR) is 61.4 cm³/mol. The molecule has 0 aliphatic carbocycles. The van der Waals surface area contributed by atoms with Crippen LogP contribution in [0.5, 0.6) is 0 Å². The van der Waals surface area contributed by atoms with E-state index in [2.05, 4.69) is 37.4 Å². The minimum absolute atomic E-state index is 0.670. The fourth-order valence-corrected chi connectivity index (χ4v) is 3.06. The van der Waals surface area contributed by atoms with Crippen molar-refractivity contribution >= 4 is 13.5 Å². The SMILES string of the molecule is COCCO[Si](C)(C)c1ccccc1. The van der Waals surface area contributed by atoms with Gasteiger partial charge in [0.2, 0.25) is 8.32 Å². The van der Waals surface area contributed by atoms with Crippen LogP contribution >= 0.6 is 0 Å². The maximum atomic E-state index is 5.87. The molecule has 1 rings (SSSR count). The van der Waals surface area contributed by atoms with Gasteiger partial charge in [-0.2, -0.15) is 0 Å². The minimum atomic E-state index is -1.70. The number of hydrogen-bond acceptors (Lipinski definition) is 2. The van der Waals surface area contributed by atoms with Crippen LogP contribution in [0.25, 0.3) is 0 Å². The molecular weight excluding hydrogens is 192 g/mol. The molecule has 0 unspecified atom stereocenters. The number of benzene rings is 1. The Balaban J connectivity index is 2.56. The topological polar surface area (TPSA) is 18.5 Å². The predicted octanol–water partition coefficient (Wildman–Crippen LogP) is 1.76. The second-order valence-electron chi connectivity index (χ2n) is 3.72. The second-order valence-corrected chi connectivity index (χ2v) is 7.60. The van der Waals surface area contributed by atoms with E-state index >= 15 is 0 Å². The molecule has 1 aromatic carbocycles.